The lowest BCUT2D eigenvalue weighted by molar-refractivity contribution is -0.219. The van der Waals surface area contributed by atoms with E-state index >= 15 is 0 Å². The molecular weight excluding hydrogens is 335 g/mol. The highest BCUT2D eigenvalue weighted by atomic mass is 19.4. The minimum Gasteiger partial charge on any atom is -0.490 e. The molecule has 1 aromatic rings. The van der Waals surface area contributed by atoms with Crippen LogP contribution in [0.3, 0.4) is 0 Å². The molecule has 2 fully saturated rings. The number of halogens is 3. The first-order valence-electron chi connectivity index (χ1n) is 8.51. The van der Waals surface area contributed by atoms with Gasteiger partial charge in [0.1, 0.15) is 11.9 Å². The fourth-order valence-corrected chi connectivity index (χ4v) is 3.60. The molecule has 25 heavy (non-hydrogen) atoms. The van der Waals surface area contributed by atoms with Crippen molar-refractivity contribution in [1.29, 1.82) is 0 Å². The van der Waals surface area contributed by atoms with E-state index < -0.39 is 17.9 Å². The zero-order chi connectivity index (χ0) is 18.2. The molecule has 3 rings (SSSR count). The van der Waals surface area contributed by atoms with Crippen LogP contribution in [0.2, 0.25) is 0 Å². The molecule has 0 radical (unpaired) electrons. The standard InChI is InChI=1S/C18H22F3NO3/c1-11(2)12-3-5-14(6-4-12)24-15-9-13-7-8-17(10-15,22-13)25-16(23)18(19,20)21/h3-6,11,13,15,22H,7-10H2,1-2H3. The molecule has 2 aliphatic rings. The summed E-state index contributed by atoms with van der Waals surface area (Å²) in [6.45, 7) is 4.19. The largest absolute Gasteiger partial charge is 0.490 e. The zero-order valence-corrected chi connectivity index (χ0v) is 14.2. The number of fused-ring (bicyclic) bond motifs is 2. The normalized spacial score (nSPS) is 28.9. The fourth-order valence-electron chi connectivity index (χ4n) is 3.60. The highest BCUT2D eigenvalue weighted by Gasteiger charge is 2.53. The quantitative estimate of drug-likeness (QED) is 0.830. The number of piperidine rings is 1. The second-order valence-electron chi connectivity index (χ2n) is 7.16. The molecule has 0 aromatic heterocycles. The van der Waals surface area contributed by atoms with Gasteiger partial charge in [-0.2, -0.15) is 13.2 Å². The summed E-state index contributed by atoms with van der Waals surface area (Å²) in [5, 5.41) is 3.02. The third-order valence-electron chi connectivity index (χ3n) is 4.84. The summed E-state index contributed by atoms with van der Waals surface area (Å²) in [4.78, 5) is 11.3. The Labute approximate surface area is 144 Å². The van der Waals surface area contributed by atoms with E-state index in [0.717, 1.165) is 0 Å². The molecule has 2 saturated heterocycles. The third kappa shape index (κ3) is 4.08. The number of hydrogen-bond acceptors (Lipinski definition) is 4. The second kappa shape index (κ2) is 6.52. The number of rotatable bonds is 4. The first-order chi connectivity index (χ1) is 11.7. The number of nitrogens with one attached hydrogen (secondary N) is 1. The molecule has 2 aliphatic heterocycles. The SMILES string of the molecule is CC(C)c1ccc(OC2CC3CCC(OC(=O)C(F)(F)F)(C2)N3)cc1. The number of carbonyl (C=O) groups excluding carboxylic acids is 1. The molecule has 3 atom stereocenters. The summed E-state index contributed by atoms with van der Waals surface area (Å²) < 4.78 is 48.4. The Morgan fingerprint density at radius 3 is 2.56 bits per heavy atom. The summed E-state index contributed by atoms with van der Waals surface area (Å²) in [5.41, 5.74) is -0.0915. The Morgan fingerprint density at radius 1 is 1.28 bits per heavy atom. The molecule has 1 N–H and O–H groups in total. The number of benzene rings is 1. The van der Waals surface area contributed by atoms with Crippen LogP contribution in [0.1, 0.15) is 51.0 Å². The van der Waals surface area contributed by atoms with E-state index in [1.54, 1.807) is 0 Å². The maximum atomic E-state index is 12.5. The summed E-state index contributed by atoms with van der Waals surface area (Å²) in [6, 6.07) is 7.70. The van der Waals surface area contributed by atoms with E-state index in [4.69, 9.17) is 9.47 Å². The minimum atomic E-state index is -4.99. The van der Waals surface area contributed by atoms with Crippen LogP contribution in [0.15, 0.2) is 24.3 Å². The Hall–Kier alpha value is -1.76. The van der Waals surface area contributed by atoms with Gasteiger partial charge in [-0.15, -0.1) is 0 Å². The first kappa shape index (κ1) is 18.0. The summed E-state index contributed by atoms with van der Waals surface area (Å²) in [7, 11) is 0. The Morgan fingerprint density at radius 2 is 1.96 bits per heavy atom. The fraction of sp³-hybridized carbons (Fsp3) is 0.611. The van der Waals surface area contributed by atoms with Gasteiger partial charge >= 0.3 is 12.1 Å². The molecule has 0 spiro atoms. The first-order valence-corrected chi connectivity index (χ1v) is 8.51. The molecule has 1 aromatic carbocycles. The van der Waals surface area contributed by atoms with Gasteiger partial charge in [-0.3, -0.25) is 5.32 Å². The summed E-state index contributed by atoms with van der Waals surface area (Å²) in [5.74, 6) is -1.07. The van der Waals surface area contributed by atoms with Crippen LogP contribution < -0.4 is 10.1 Å². The molecule has 0 saturated carbocycles. The predicted molar refractivity (Wildman–Crippen MR) is 85.2 cm³/mol. The summed E-state index contributed by atoms with van der Waals surface area (Å²) >= 11 is 0. The van der Waals surface area contributed by atoms with E-state index in [2.05, 4.69) is 19.2 Å². The highest BCUT2D eigenvalue weighted by molar-refractivity contribution is 5.76. The lowest BCUT2D eigenvalue weighted by Crippen LogP contribution is -2.56. The predicted octanol–water partition coefficient (Wildman–Crippen LogP) is 3.91. The smallest absolute Gasteiger partial charge is 0.490 e. The van der Waals surface area contributed by atoms with Crippen molar-refractivity contribution in [3.63, 3.8) is 0 Å². The van der Waals surface area contributed by atoms with Crippen LogP contribution >= 0.6 is 0 Å². The van der Waals surface area contributed by atoms with Gasteiger partial charge in [0.2, 0.25) is 0 Å². The topological polar surface area (TPSA) is 47.6 Å². The van der Waals surface area contributed by atoms with Gasteiger partial charge < -0.3 is 9.47 Å². The molecular formula is C18H22F3NO3. The average Bonchev–Trinajstić information content (AvgIpc) is 2.81. The molecule has 2 heterocycles. The summed E-state index contributed by atoms with van der Waals surface area (Å²) in [6.07, 6.45) is -3.37. The van der Waals surface area contributed by atoms with Crippen molar-refractivity contribution < 1.29 is 27.4 Å². The van der Waals surface area contributed by atoms with Crippen LogP contribution in [0.4, 0.5) is 13.2 Å². The zero-order valence-electron chi connectivity index (χ0n) is 14.2. The van der Waals surface area contributed by atoms with Crippen LogP contribution in [0.5, 0.6) is 5.75 Å². The van der Waals surface area contributed by atoms with Crippen molar-refractivity contribution in [2.24, 2.45) is 0 Å². The Bertz CT molecular complexity index is 629. The number of carbonyl (C=O) groups is 1. The molecule has 0 amide bonds. The maximum Gasteiger partial charge on any atom is 0.490 e. The van der Waals surface area contributed by atoms with Crippen molar-refractivity contribution in [3.8, 4) is 5.75 Å². The van der Waals surface area contributed by atoms with Crippen LogP contribution in [0, 0.1) is 0 Å². The molecule has 3 unspecified atom stereocenters. The molecule has 4 nitrogen and oxygen atoms in total. The van der Waals surface area contributed by atoms with Crippen LogP contribution in [-0.2, 0) is 9.53 Å². The van der Waals surface area contributed by atoms with Gasteiger partial charge in [0.25, 0.3) is 0 Å². The van der Waals surface area contributed by atoms with E-state index in [9.17, 15) is 18.0 Å². The average molecular weight is 357 g/mol. The van der Waals surface area contributed by atoms with Gasteiger partial charge in [0.15, 0.2) is 5.72 Å². The maximum absolute atomic E-state index is 12.5. The molecule has 2 bridgehead atoms. The number of esters is 1. The Balaban J connectivity index is 1.67. The monoisotopic (exact) mass is 357 g/mol. The van der Waals surface area contributed by atoms with Crippen molar-refractivity contribution in [2.45, 2.75) is 69.5 Å². The second-order valence-corrected chi connectivity index (χ2v) is 7.16. The number of hydrogen-bond donors (Lipinski definition) is 1. The van der Waals surface area contributed by atoms with Crippen LogP contribution in [-0.4, -0.2) is 30.0 Å². The van der Waals surface area contributed by atoms with Gasteiger partial charge in [-0.1, -0.05) is 26.0 Å². The Kier molecular flexibility index (Phi) is 4.70. The molecule has 0 aliphatic carbocycles. The number of alkyl halides is 3. The van der Waals surface area contributed by atoms with E-state index in [0.29, 0.717) is 30.9 Å². The minimum absolute atomic E-state index is 0.00489. The van der Waals surface area contributed by atoms with Gasteiger partial charge in [-0.05, 0) is 36.5 Å². The van der Waals surface area contributed by atoms with Gasteiger partial charge in [-0.25, -0.2) is 4.79 Å². The third-order valence-corrected chi connectivity index (χ3v) is 4.84. The van der Waals surface area contributed by atoms with Crippen molar-refractivity contribution in [1.82, 2.24) is 5.32 Å². The molecule has 138 valence electrons. The van der Waals surface area contributed by atoms with E-state index in [1.165, 1.54) is 5.56 Å². The highest BCUT2D eigenvalue weighted by Crippen LogP contribution is 2.39. The van der Waals surface area contributed by atoms with E-state index in [-0.39, 0.29) is 18.6 Å². The van der Waals surface area contributed by atoms with Crippen molar-refractivity contribution in [3.05, 3.63) is 29.8 Å². The number of ether oxygens (including phenoxy) is 2. The lowest BCUT2D eigenvalue weighted by Gasteiger charge is -2.38. The van der Waals surface area contributed by atoms with Crippen LogP contribution in [0.25, 0.3) is 0 Å². The van der Waals surface area contributed by atoms with Gasteiger partial charge in [0.05, 0.1) is 0 Å². The van der Waals surface area contributed by atoms with Crippen molar-refractivity contribution >= 4 is 5.97 Å². The van der Waals surface area contributed by atoms with Crippen molar-refractivity contribution in [2.75, 3.05) is 0 Å². The lowest BCUT2D eigenvalue weighted by atomic mass is 9.99. The van der Waals surface area contributed by atoms with E-state index in [1.807, 2.05) is 24.3 Å². The van der Waals surface area contributed by atoms with Gasteiger partial charge in [0, 0.05) is 18.9 Å². The molecule has 7 heteroatoms.